The molecule has 1 aliphatic rings. The third kappa shape index (κ3) is 2.54. The van der Waals surface area contributed by atoms with Gasteiger partial charge in [0.25, 0.3) is 0 Å². The molecule has 0 aromatic heterocycles. The van der Waals surface area contributed by atoms with Crippen LogP contribution in [0.15, 0.2) is 36.4 Å². The Bertz CT molecular complexity index is 637. The fourth-order valence-electron chi connectivity index (χ4n) is 2.58. The average Bonchev–Trinajstić information content (AvgIpc) is 2.46. The minimum Gasteiger partial charge on any atom is -0.493 e. The van der Waals surface area contributed by atoms with Gasteiger partial charge >= 0.3 is 0 Å². The molecule has 20 heavy (non-hydrogen) atoms. The Labute approximate surface area is 124 Å². The number of rotatable bonds is 2. The smallest absolute Gasteiger partial charge is 0.122 e. The van der Waals surface area contributed by atoms with Crippen molar-refractivity contribution in [3.05, 3.63) is 63.7 Å². The van der Waals surface area contributed by atoms with Crippen LogP contribution in [-0.2, 0) is 6.42 Å². The number of aryl methyl sites for hydroxylation is 2. The van der Waals surface area contributed by atoms with Crippen molar-refractivity contribution in [1.82, 2.24) is 0 Å². The molecular weight excluding hydrogens is 272 g/mol. The predicted molar refractivity (Wildman–Crippen MR) is 80.5 cm³/mol. The van der Waals surface area contributed by atoms with Crippen molar-refractivity contribution < 1.29 is 9.84 Å². The van der Waals surface area contributed by atoms with E-state index in [0.29, 0.717) is 5.02 Å². The molecule has 3 heteroatoms. The molecular formula is C17H17ClO2. The van der Waals surface area contributed by atoms with Crippen LogP contribution in [0.25, 0.3) is 0 Å². The van der Waals surface area contributed by atoms with E-state index in [2.05, 4.69) is 0 Å². The van der Waals surface area contributed by atoms with E-state index in [1.54, 1.807) is 0 Å². The van der Waals surface area contributed by atoms with Crippen LogP contribution in [-0.4, -0.2) is 11.7 Å². The zero-order chi connectivity index (χ0) is 14.1. The first kappa shape index (κ1) is 13.5. The van der Waals surface area contributed by atoms with Gasteiger partial charge in [-0.05, 0) is 54.7 Å². The van der Waals surface area contributed by atoms with E-state index in [-0.39, 0.29) is 0 Å². The van der Waals surface area contributed by atoms with Gasteiger partial charge in [-0.25, -0.2) is 0 Å². The monoisotopic (exact) mass is 288 g/mol. The van der Waals surface area contributed by atoms with Gasteiger partial charge in [-0.1, -0.05) is 29.8 Å². The summed E-state index contributed by atoms with van der Waals surface area (Å²) >= 11 is 6.23. The van der Waals surface area contributed by atoms with Crippen LogP contribution in [0.1, 0.15) is 34.8 Å². The maximum Gasteiger partial charge on any atom is 0.122 e. The number of halogens is 1. The van der Waals surface area contributed by atoms with Gasteiger partial charge in [0, 0.05) is 10.6 Å². The fourth-order valence-corrected chi connectivity index (χ4v) is 2.92. The highest BCUT2D eigenvalue weighted by Crippen LogP contribution is 2.33. The minimum atomic E-state index is -0.699. The fraction of sp³-hybridized carbons (Fsp3) is 0.294. The molecule has 1 aliphatic heterocycles. The van der Waals surface area contributed by atoms with E-state index in [1.165, 1.54) is 0 Å². The van der Waals surface area contributed by atoms with Gasteiger partial charge in [0.1, 0.15) is 11.9 Å². The van der Waals surface area contributed by atoms with Crippen molar-refractivity contribution in [2.24, 2.45) is 0 Å². The molecule has 2 aromatic carbocycles. The van der Waals surface area contributed by atoms with Gasteiger partial charge in [0.15, 0.2) is 0 Å². The SMILES string of the molecule is Cc1ccc(C(O)c2ccc3c(c2)CCCO3)c(Cl)c1. The second-order valence-corrected chi connectivity index (χ2v) is 5.65. The molecule has 2 aromatic rings. The minimum absolute atomic E-state index is 0.603. The van der Waals surface area contributed by atoms with Crippen molar-refractivity contribution in [1.29, 1.82) is 0 Å². The Balaban J connectivity index is 1.95. The Hall–Kier alpha value is -1.51. The van der Waals surface area contributed by atoms with Gasteiger partial charge in [0.2, 0.25) is 0 Å². The lowest BCUT2D eigenvalue weighted by Crippen LogP contribution is -2.09. The van der Waals surface area contributed by atoms with Gasteiger partial charge < -0.3 is 9.84 Å². The van der Waals surface area contributed by atoms with E-state index in [4.69, 9.17) is 16.3 Å². The molecule has 1 heterocycles. The standard InChI is InChI=1S/C17H17ClO2/c1-11-4-6-14(15(18)9-11)17(19)13-5-7-16-12(10-13)3-2-8-20-16/h4-7,9-10,17,19H,2-3,8H2,1H3. The lowest BCUT2D eigenvalue weighted by Gasteiger charge is -2.20. The van der Waals surface area contributed by atoms with Crippen molar-refractivity contribution >= 4 is 11.6 Å². The van der Waals surface area contributed by atoms with E-state index in [1.807, 2.05) is 43.3 Å². The first-order chi connectivity index (χ1) is 9.65. The maximum absolute atomic E-state index is 10.5. The molecule has 0 fully saturated rings. The molecule has 104 valence electrons. The molecule has 3 rings (SSSR count). The predicted octanol–water partition coefficient (Wildman–Crippen LogP) is 4.06. The Morgan fingerprint density at radius 1 is 1.20 bits per heavy atom. The summed E-state index contributed by atoms with van der Waals surface area (Å²) in [4.78, 5) is 0. The number of benzene rings is 2. The van der Waals surface area contributed by atoms with E-state index in [9.17, 15) is 5.11 Å². The molecule has 1 atom stereocenters. The summed E-state index contributed by atoms with van der Waals surface area (Å²) in [5, 5.41) is 11.1. The number of ether oxygens (including phenoxy) is 1. The number of aliphatic hydroxyl groups excluding tert-OH is 1. The Morgan fingerprint density at radius 3 is 2.85 bits per heavy atom. The number of hydrogen-bond acceptors (Lipinski definition) is 2. The third-order valence-corrected chi connectivity index (χ3v) is 4.03. The van der Waals surface area contributed by atoms with Gasteiger partial charge in [-0.3, -0.25) is 0 Å². The molecule has 0 aliphatic carbocycles. The largest absolute Gasteiger partial charge is 0.493 e. The summed E-state index contributed by atoms with van der Waals surface area (Å²) in [5.41, 5.74) is 3.86. The highest BCUT2D eigenvalue weighted by atomic mass is 35.5. The summed E-state index contributed by atoms with van der Waals surface area (Å²) in [6, 6.07) is 11.6. The van der Waals surface area contributed by atoms with Gasteiger partial charge in [-0.15, -0.1) is 0 Å². The number of aliphatic hydroxyl groups is 1. The van der Waals surface area contributed by atoms with Crippen molar-refractivity contribution in [2.45, 2.75) is 25.9 Å². The second-order valence-electron chi connectivity index (χ2n) is 5.25. The van der Waals surface area contributed by atoms with Crippen molar-refractivity contribution in [2.75, 3.05) is 6.61 Å². The topological polar surface area (TPSA) is 29.5 Å². The third-order valence-electron chi connectivity index (χ3n) is 3.70. The first-order valence-corrected chi connectivity index (χ1v) is 7.22. The Morgan fingerprint density at radius 2 is 2.05 bits per heavy atom. The highest BCUT2D eigenvalue weighted by molar-refractivity contribution is 6.31. The highest BCUT2D eigenvalue weighted by Gasteiger charge is 2.17. The molecule has 0 saturated carbocycles. The van der Waals surface area contributed by atoms with Gasteiger partial charge in [0.05, 0.1) is 6.61 Å². The normalized spacial score (nSPS) is 15.3. The molecule has 0 saturated heterocycles. The summed E-state index contributed by atoms with van der Waals surface area (Å²) in [5.74, 6) is 0.933. The zero-order valence-electron chi connectivity index (χ0n) is 11.4. The molecule has 2 nitrogen and oxygen atoms in total. The summed E-state index contributed by atoms with van der Waals surface area (Å²) in [6.07, 6.45) is 1.32. The average molecular weight is 289 g/mol. The summed E-state index contributed by atoms with van der Waals surface area (Å²) < 4.78 is 5.60. The second kappa shape index (κ2) is 5.47. The van der Waals surface area contributed by atoms with Crippen molar-refractivity contribution in [3.63, 3.8) is 0 Å². The molecule has 1 unspecified atom stereocenters. The quantitative estimate of drug-likeness (QED) is 0.903. The van der Waals surface area contributed by atoms with Crippen LogP contribution in [0.3, 0.4) is 0 Å². The first-order valence-electron chi connectivity index (χ1n) is 6.85. The molecule has 0 spiro atoms. The van der Waals surface area contributed by atoms with Crippen LogP contribution in [0.2, 0.25) is 5.02 Å². The summed E-state index contributed by atoms with van der Waals surface area (Å²) in [7, 11) is 0. The lowest BCUT2D eigenvalue weighted by molar-refractivity contribution is 0.219. The van der Waals surface area contributed by atoms with E-state index in [0.717, 1.165) is 47.5 Å². The van der Waals surface area contributed by atoms with E-state index < -0.39 is 6.10 Å². The molecule has 0 bridgehead atoms. The molecule has 1 N–H and O–H groups in total. The van der Waals surface area contributed by atoms with Crippen LogP contribution in [0, 0.1) is 6.92 Å². The van der Waals surface area contributed by atoms with Crippen LogP contribution in [0.5, 0.6) is 5.75 Å². The molecule has 0 amide bonds. The van der Waals surface area contributed by atoms with Crippen LogP contribution >= 0.6 is 11.6 Å². The maximum atomic E-state index is 10.5. The molecule has 0 radical (unpaired) electrons. The lowest BCUT2D eigenvalue weighted by atomic mass is 9.96. The van der Waals surface area contributed by atoms with E-state index >= 15 is 0 Å². The van der Waals surface area contributed by atoms with Gasteiger partial charge in [-0.2, -0.15) is 0 Å². The summed E-state index contributed by atoms with van der Waals surface area (Å²) in [6.45, 7) is 2.76. The van der Waals surface area contributed by atoms with Crippen molar-refractivity contribution in [3.8, 4) is 5.75 Å². The van der Waals surface area contributed by atoms with Crippen LogP contribution < -0.4 is 4.74 Å². The number of hydrogen-bond donors (Lipinski definition) is 1. The number of fused-ring (bicyclic) bond motifs is 1. The Kier molecular flexibility index (Phi) is 3.68. The van der Waals surface area contributed by atoms with Crippen LogP contribution in [0.4, 0.5) is 0 Å². The zero-order valence-corrected chi connectivity index (χ0v) is 12.2.